The van der Waals surface area contributed by atoms with Gasteiger partial charge >= 0.3 is 0 Å². The molecule has 14 heteroatoms. The van der Waals surface area contributed by atoms with Crippen molar-refractivity contribution in [3.05, 3.63) is 29.8 Å². The first-order valence-corrected chi connectivity index (χ1v) is 18.8. The number of carbonyl (C=O) groups is 2. The third kappa shape index (κ3) is 6.21. The number of pyridine rings is 2. The van der Waals surface area contributed by atoms with Crippen LogP contribution in [0.4, 0.5) is 22.7 Å². The summed E-state index contributed by atoms with van der Waals surface area (Å²) in [5.74, 6) is 0.475. The second kappa shape index (κ2) is 13.1. The molecule has 0 radical (unpaired) electrons. The molecule has 2 amide bonds. The SMILES string of the molecule is CSc1cnc2[nH]cc(NC(=O)C3CC3CN[C@@H]3CCCN(c4c(Cl)cnc5[nH]cc(NC(=O)C6CC6)c45)C3)c2c1N1CCC[C@@H](N)C1. The third-order valence-electron chi connectivity index (χ3n) is 10.4. The van der Waals surface area contributed by atoms with E-state index in [0.717, 1.165) is 122 Å². The molecule has 2 unspecified atom stereocenters. The van der Waals surface area contributed by atoms with Gasteiger partial charge in [0.25, 0.3) is 0 Å². The van der Waals surface area contributed by atoms with Crippen LogP contribution in [0.1, 0.15) is 44.9 Å². The zero-order valence-electron chi connectivity index (χ0n) is 27.2. The molecule has 48 heavy (non-hydrogen) atoms. The van der Waals surface area contributed by atoms with E-state index in [2.05, 4.69) is 51.9 Å². The molecule has 6 heterocycles. The molecule has 4 aromatic rings. The van der Waals surface area contributed by atoms with Crippen molar-refractivity contribution in [2.45, 2.75) is 61.9 Å². The molecule has 12 nitrogen and oxygen atoms in total. The van der Waals surface area contributed by atoms with Crippen LogP contribution in [0.2, 0.25) is 5.02 Å². The molecular formula is C34H43ClN10O2S. The van der Waals surface area contributed by atoms with Gasteiger partial charge in [0.05, 0.1) is 44.7 Å². The molecule has 4 aromatic heterocycles. The Morgan fingerprint density at radius 3 is 2.31 bits per heavy atom. The molecule has 4 atom stereocenters. The van der Waals surface area contributed by atoms with E-state index < -0.39 is 0 Å². The summed E-state index contributed by atoms with van der Waals surface area (Å²) in [5, 5.41) is 12.5. The van der Waals surface area contributed by atoms with E-state index in [-0.39, 0.29) is 41.7 Å². The Morgan fingerprint density at radius 1 is 0.938 bits per heavy atom. The topological polar surface area (TPSA) is 160 Å². The maximum Gasteiger partial charge on any atom is 0.227 e. The minimum Gasteiger partial charge on any atom is -0.368 e. The van der Waals surface area contributed by atoms with Gasteiger partial charge in [-0.2, -0.15) is 0 Å². The Hall–Kier alpha value is -3.52. The molecule has 0 bridgehead atoms. The molecule has 254 valence electrons. The van der Waals surface area contributed by atoms with Crippen molar-refractivity contribution in [1.29, 1.82) is 0 Å². The number of hydrogen-bond acceptors (Lipinski definition) is 9. The van der Waals surface area contributed by atoms with Crippen LogP contribution in [0, 0.1) is 17.8 Å². The Kier molecular flexibility index (Phi) is 8.64. The second-order valence-electron chi connectivity index (χ2n) is 13.9. The number of aromatic nitrogens is 4. The van der Waals surface area contributed by atoms with E-state index in [1.807, 2.05) is 18.6 Å². The van der Waals surface area contributed by atoms with Crippen LogP contribution >= 0.6 is 23.4 Å². The van der Waals surface area contributed by atoms with Crippen LogP contribution in [0.25, 0.3) is 22.1 Å². The fourth-order valence-corrected chi connectivity index (χ4v) is 8.41. The van der Waals surface area contributed by atoms with Crippen LogP contribution in [0.15, 0.2) is 29.7 Å². The lowest BCUT2D eigenvalue weighted by molar-refractivity contribution is -0.118. The van der Waals surface area contributed by atoms with Gasteiger partial charge in [-0.15, -0.1) is 11.8 Å². The summed E-state index contributed by atoms with van der Waals surface area (Å²) in [6.45, 7) is 4.17. The number of hydrogen-bond donors (Lipinski definition) is 6. The number of aromatic amines is 2. The predicted octanol–water partition coefficient (Wildman–Crippen LogP) is 4.92. The summed E-state index contributed by atoms with van der Waals surface area (Å²) in [4.78, 5) is 47.5. The summed E-state index contributed by atoms with van der Waals surface area (Å²) in [7, 11) is 0. The van der Waals surface area contributed by atoms with Crippen molar-refractivity contribution in [3.8, 4) is 0 Å². The van der Waals surface area contributed by atoms with Crippen molar-refractivity contribution in [3.63, 3.8) is 0 Å². The second-order valence-corrected chi connectivity index (χ2v) is 15.1. The van der Waals surface area contributed by atoms with Gasteiger partial charge in [-0.05, 0) is 63.7 Å². The molecule has 4 aliphatic rings. The number of thioether (sulfide) groups is 1. The first-order chi connectivity index (χ1) is 23.4. The van der Waals surface area contributed by atoms with E-state index in [9.17, 15) is 9.59 Å². The van der Waals surface area contributed by atoms with Gasteiger partial charge in [0, 0.05) is 73.6 Å². The summed E-state index contributed by atoms with van der Waals surface area (Å²) < 4.78 is 0. The molecule has 2 aliphatic heterocycles. The molecule has 2 saturated carbocycles. The van der Waals surface area contributed by atoms with Gasteiger partial charge in [-0.25, -0.2) is 9.97 Å². The third-order valence-corrected chi connectivity index (χ3v) is 11.4. The van der Waals surface area contributed by atoms with Crippen LogP contribution in [0.5, 0.6) is 0 Å². The summed E-state index contributed by atoms with van der Waals surface area (Å²) >= 11 is 8.45. The van der Waals surface area contributed by atoms with E-state index in [1.54, 1.807) is 18.0 Å². The van der Waals surface area contributed by atoms with Crippen LogP contribution in [0.3, 0.4) is 0 Å². The van der Waals surface area contributed by atoms with E-state index >= 15 is 0 Å². The molecular weight excluding hydrogens is 648 g/mol. The van der Waals surface area contributed by atoms with Crippen molar-refractivity contribution < 1.29 is 9.59 Å². The molecule has 4 fully saturated rings. The van der Waals surface area contributed by atoms with E-state index in [4.69, 9.17) is 17.3 Å². The molecule has 2 aliphatic carbocycles. The van der Waals surface area contributed by atoms with Gasteiger partial charge < -0.3 is 41.5 Å². The number of nitrogens with one attached hydrogen (secondary N) is 5. The van der Waals surface area contributed by atoms with Gasteiger partial charge in [-0.1, -0.05) is 11.6 Å². The normalized spacial score (nSPS) is 24.3. The Balaban J connectivity index is 0.916. The zero-order valence-corrected chi connectivity index (χ0v) is 28.7. The minimum atomic E-state index is -0.0301. The number of anilines is 4. The predicted molar refractivity (Wildman–Crippen MR) is 193 cm³/mol. The number of amides is 2. The summed E-state index contributed by atoms with van der Waals surface area (Å²) in [6.07, 6.45) is 16.2. The Morgan fingerprint density at radius 2 is 1.60 bits per heavy atom. The standard InChI is InChI=1S/C34H43ClN10O2S/c1-48-26-15-41-32-28(30(26)44-8-2-4-20(36)16-44)25(14-40-32)43-34(47)22-10-19(22)11-37-21-5-3-9-45(17-21)29-23(35)12-38-31-27(29)24(13-39-31)42-33(46)18-6-7-18/h12-15,18-22,37H,2-11,16-17,36H2,1H3,(H,38,39)(H,40,41)(H,42,46)(H,43,47)/t19?,20-,21-,22?/m1/s1. The highest BCUT2D eigenvalue weighted by atomic mass is 35.5. The lowest BCUT2D eigenvalue weighted by Gasteiger charge is -2.36. The fourth-order valence-electron chi connectivity index (χ4n) is 7.56. The molecule has 0 aromatic carbocycles. The fraction of sp³-hybridized carbons (Fsp3) is 0.529. The van der Waals surface area contributed by atoms with Gasteiger partial charge in [-0.3, -0.25) is 9.59 Å². The zero-order chi connectivity index (χ0) is 32.9. The van der Waals surface area contributed by atoms with E-state index in [0.29, 0.717) is 10.7 Å². The molecule has 7 N–H and O–H groups in total. The number of halogens is 1. The maximum atomic E-state index is 13.5. The molecule has 2 saturated heterocycles. The number of carbonyl (C=O) groups excluding carboxylic acids is 2. The average molecular weight is 691 g/mol. The van der Waals surface area contributed by atoms with Crippen LogP contribution < -0.4 is 31.5 Å². The monoisotopic (exact) mass is 690 g/mol. The van der Waals surface area contributed by atoms with E-state index in [1.165, 1.54) is 0 Å². The number of piperidine rings is 2. The quantitative estimate of drug-likeness (QED) is 0.127. The first kappa shape index (κ1) is 31.7. The number of rotatable bonds is 10. The van der Waals surface area contributed by atoms with Crippen molar-refractivity contribution >= 4 is 80.0 Å². The lowest BCUT2D eigenvalue weighted by Crippen LogP contribution is -2.46. The largest absolute Gasteiger partial charge is 0.368 e. The van der Waals surface area contributed by atoms with Gasteiger partial charge in [0.2, 0.25) is 11.8 Å². The minimum absolute atomic E-state index is 0.0301. The number of fused-ring (bicyclic) bond motifs is 2. The Bertz CT molecular complexity index is 1860. The summed E-state index contributed by atoms with van der Waals surface area (Å²) in [5.41, 5.74) is 11.4. The lowest BCUT2D eigenvalue weighted by atomic mass is 10.0. The first-order valence-electron chi connectivity index (χ1n) is 17.2. The van der Waals surface area contributed by atoms with Crippen molar-refractivity contribution in [2.75, 3.05) is 59.4 Å². The number of nitrogens with two attached hydrogens (primary N) is 1. The maximum absolute atomic E-state index is 13.5. The highest BCUT2D eigenvalue weighted by Gasteiger charge is 2.43. The Labute approximate surface area is 288 Å². The summed E-state index contributed by atoms with van der Waals surface area (Å²) in [6, 6.07) is 0.395. The molecule has 8 rings (SSSR count). The van der Waals surface area contributed by atoms with Gasteiger partial charge in [0.1, 0.15) is 11.3 Å². The molecule has 0 spiro atoms. The number of H-pyrrole nitrogens is 2. The average Bonchev–Trinajstić information content (AvgIpc) is 4.02. The van der Waals surface area contributed by atoms with Crippen molar-refractivity contribution in [1.82, 2.24) is 25.3 Å². The van der Waals surface area contributed by atoms with Crippen LogP contribution in [-0.2, 0) is 9.59 Å². The highest BCUT2D eigenvalue weighted by Crippen LogP contribution is 2.43. The highest BCUT2D eigenvalue weighted by molar-refractivity contribution is 7.98. The number of nitrogens with zero attached hydrogens (tertiary/aromatic N) is 4. The van der Waals surface area contributed by atoms with Gasteiger partial charge in [0.15, 0.2) is 0 Å². The van der Waals surface area contributed by atoms with Crippen molar-refractivity contribution in [2.24, 2.45) is 23.5 Å². The smallest absolute Gasteiger partial charge is 0.227 e. The van der Waals surface area contributed by atoms with Crippen LogP contribution in [-0.4, -0.2) is 82.8 Å².